The van der Waals surface area contributed by atoms with Crippen LogP contribution in [-0.4, -0.2) is 23.8 Å². The Kier molecular flexibility index (Phi) is 6.56. The molecule has 0 saturated heterocycles. The number of amides is 1. The van der Waals surface area contributed by atoms with Crippen LogP contribution in [0.5, 0.6) is 5.75 Å². The van der Waals surface area contributed by atoms with Crippen LogP contribution < -0.4 is 4.74 Å². The Morgan fingerprint density at radius 3 is 2.28 bits per heavy atom. The molecule has 0 unspecified atom stereocenters. The fourth-order valence-electron chi connectivity index (χ4n) is 2.15. The number of rotatable bonds is 3. The van der Waals surface area contributed by atoms with Crippen molar-refractivity contribution >= 4 is 30.9 Å². The largest absolute Gasteiger partial charge is 0.438 e. The van der Waals surface area contributed by atoms with Gasteiger partial charge in [-0.15, -0.1) is 0 Å². The van der Waals surface area contributed by atoms with Gasteiger partial charge in [0.25, 0.3) is 5.91 Å². The molecule has 1 atom stereocenters. The Balaban J connectivity index is 0.000000326. The van der Waals surface area contributed by atoms with Crippen LogP contribution >= 0.6 is 19.0 Å². The fraction of sp³-hybridized carbons (Fsp3) is 0.176. The molecule has 0 fully saturated rings. The highest BCUT2D eigenvalue weighted by atomic mass is 32.7. The zero-order valence-corrected chi connectivity index (χ0v) is 15.5. The molecule has 0 radical (unpaired) electrons. The summed E-state index contributed by atoms with van der Waals surface area (Å²) in [4.78, 5) is 23.8. The molecule has 1 heterocycles. The minimum absolute atomic E-state index is 0.237. The number of benzene rings is 2. The molecule has 25 heavy (non-hydrogen) atoms. The lowest BCUT2D eigenvalue weighted by molar-refractivity contribution is 0.101. The average Bonchev–Trinajstić information content (AvgIpc) is 2.92. The molecule has 1 N–H and O–H groups in total. The molecule has 0 spiro atoms. The number of fused-ring (bicyclic) bond motifs is 1. The van der Waals surface area contributed by atoms with Gasteiger partial charge in [-0.3, -0.25) is 4.79 Å². The predicted octanol–water partition coefficient (Wildman–Crippen LogP) is 3.89. The molecule has 1 amide bonds. The van der Waals surface area contributed by atoms with Crippen molar-refractivity contribution in [3.63, 3.8) is 0 Å². The molecular weight excluding hydrogens is 361 g/mol. The lowest BCUT2D eigenvalue weighted by Crippen LogP contribution is -2.09. The highest BCUT2D eigenvalue weighted by molar-refractivity contribution is 8.44. The second-order valence-electron chi connectivity index (χ2n) is 5.00. The minimum atomic E-state index is -3.45. The molecule has 8 heteroatoms. The summed E-state index contributed by atoms with van der Waals surface area (Å²) in [7, 11) is 1.12. The Morgan fingerprint density at radius 2 is 1.68 bits per heavy atom. The monoisotopic (exact) mass is 379 g/mol. The minimum Gasteiger partial charge on any atom is -0.438 e. The number of carbonyl (C=O) groups is 1. The van der Waals surface area contributed by atoms with E-state index in [-0.39, 0.29) is 5.91 Å². The summed E-state index contributed by atoms with van der Waals surface area (Å²) in [6.07, 6.45) is 0.874. The van der Waals surface area contributed by atoms with Crippen molar-refractivity contribution in [2.45, 2.75) is 13.3 Å². The Hall–Kier alpha value is -1.92. The smallest absolute Gasteiger partial charge is 0.383 e. The van der Waals surface area contributed by atoms with E-state index in [2.05, 4.69) is 28.7 Å². The molecule has 0 aromatic heterocycles. The standard InChI is InChI=1S/C16H13NO2.CH5O3PS/c1-2-11-7-3-6-10-14(11)19-16-13-9-5-4-8-12(13)15(18)17-16;1-4-5(2,3)6/h3-10H,2H2,1H3;1H3,(H2,2,3,6). The third kappa shape index (κ3) is 5.28. The highest BCUT2D eigenvalue weighted by Crippen LogP contribution is 2.45. The number of hydrogen-bond acceptors (Lipinski definition) is 4. The van der Waals surface area contributed by atoms with Gasteiger partial charge in [-0.05, 0) is 30.2 Å². The predicted molar refractivity (Wildman–Crippen MR) is 99.6 cm³/mol. The number of hydrogen-bond donors (Lipinski definition) is 2. The van der Waals surface area contributed by atoms with Crippen molar-refractivity contribution in [1.82, 2.24) is 0 Å². The van der Waals surface area contributed by atoms with E-state index < -0.39 is 6.80 Å². The number of carbonyl (C=O) groups excluding carboxylic acids is 1. The quantitative estimate of drug-likeness (QED) is 0.624. The molecule has 0 saturated carbocycles. The fourth-order valence-corrected chi connectivity index (χ4v) is 2.15. The van der Waals surface area contributed by atoms with Gasteiger partial charge in [0.05, 0.1) is 11.1 Å². The molecule has 3 rings (SSSR count). The van der Waals surface area contributed by atoms with Gasteiger partial charge in [0, 0.05) is 7.11 Å². The summed E-state index contributed by atoms with van der Waals surface area (Å²) < 4.78 is 19.5. The zero-order chi connectivity index (χ0) is 18.4. The lowest BCUT2D eigenvalue weighted by atomic mass is 10.1. The van der Waals surface area contributed by atoms with Crippen LogP contribution in [0.2, 0.25) is 0 Å². The van der Waals surface area contributed by atoms with E-state index in [1.807, 2.05) is 42.5 Å². The Labute approximate surface area is 151 Å². The van der Waals surface area contributed by atoms with E-state index in [1.165, 1.54) is 0 Å². The van der Waals surface area contributed by atoms with Crippen molar-refractivity contribution in [2.24, 2.45) is 4.99 Å². The lowest BCUT2D eigenvalue weighted by Gasteiger charge is -2.09. The number of thiol groups is 1. The topological polar surface area (TPSA) is 85.2 Å². The van der Waals surface area contributed by atoms with E-state index in [4.69, 9.17) is 9.63 Å². The van der Waals surface area contributed by atoms with Gasteiger partial charge in [-0.25, -0.2) is 4.57 Å². The van der Waals surface area contributed by atoms with Crippen molar-refractivity contribution in [2.75, 3.05) is 7.11 Å². The molecule has 1 aliphatic rings. The van der Waals surface area contributed by atoms with Crippen molar-refractivity contribution in [1.29, 1.82) is 0 Å². The number of nitrogens with zero attached hydrogens (tertiary/aromatic N) is 1. The molecule has 132 valence electrons. The van der Waals surface area contributed by atoms with Crippen LogP contribution in [0.25, 0.3) is 0 Å². The SMILES string of the molecule is CCc1ccccc1OC1=NC(=O)c2ccccc21.CO[P@](=O)(O)S. The third-order valence-corrected chi connectivity index (χ3v) is 4.35. The van der Waals surface area contributed by atoms with E-state index >= 15 is 0 Å². The normalized spacial score (nSPS) is 14.7. The molecular formula is C17H18NO5PS. The van der Waals surface area contributed by atoms with Crippen molar-refractivity contribution in [3.05, 3.63) is 65.2 Å². The van der Waals surface area contributed by atoms with Crippen LogP contribution in [0.15, 0.2) is 53.5 Å². The molecule has 0 aliphatic carbocycles. The Morgan fingerprint density at radius 1 is 1.12 bits per heavy atom. The van der Waals surface area contributed by atoms with Crippen molar-refractivity contribution in [3.8, 4) is 5.75 Å². The maximum atomic E-state index is 11.8. The molecule has 2 aromatic rings. The molecule has 2 aromatic carbocycles. The van der Waals surface area contributed by atoms with Gasteiger partial charge in [-0.1, -0.05) is 49.5 Å². The van der Waals surface area contributed by atoms with Gasteiger partial charge in [-0.2, -0.15) is 4.99 Å². The van der Waals surface area contributed by atoms with Crippen LogP contribution in [-0.2, 0) is 15.5 Å². The van der Waals surface area contributed by atoms with E-state index in [0.717, 1.165) is 30.4 Å². The summed E-state index contributed by atoms with van der Waals surface area (Å²) >= 11 is 3.14. The maximum absolute atomic E-state index is 11.8. The number of aliphatic imine (C=N–C) groups is 1. The maximum Gasteiger partial charge on any atom is 0.383 e. The van der Waals surface area contributed by atoms with E-state index in [0.29, 0.717) is 11.5 Å². The summed E-state index contributed by atoms with van der Waals surface area (Å²) in [6.45, 7) is -1.38. The Bertz CT molecular complexity index is 846. The molecule has 1 aliphatic heterocycles. The second-order valence-corrected chi connectivity index (χ2v) is 7.87. The van der Waals surface area contributed by atoms with Gasteiger partial charge >= 0.3 is 6.80 Å². The van der Waals surface area contributed by atoms with Gasteiger partial charge < -0.3 is 14.2 Å². The summed E-state index contributed by atoms with van der Waals surface area (Å²) in [6, 6.07) is 15.1. The average molecular weight is 379 g/mol. The highest BCUT2D eigenvalue weighted by Gasteiger charge is 2.24. The number of ether oxygens (including phenoxy) is 1. The van der Waals surface area contributed by atoms with Gasteiger partial charge in [0.1, 0.15) is 5.75 Å². The second kappa shape index (κ2) is 8.45. The first-order chi connectivity index (χ1) is 11.9. The van der Waals surface area contributed by atoms with Gasteiger partial charge in [0.2, 0.25) is 5.90 Å². The zero-order valence-electron chi connectivity index (χ0n) is 13.7. The summed E-state index contributed by atoms with van der Waals surface area (Å²) in [5.74, 6) is 0.911. The summed E-state index contributed by atoms with van der Waals surface area (Å²) in [5, 5.41) is 0. The van der Waals surface area contributed by atoms with Gasteiger partial charge in [0.15, 0.2) is 0 Å². The first-order valence-electron chi connectivity index (χ1n) is 7.45. The third-order valence-electron chi connectivity index (χ3n) is 3.39. The molecule has 6 nitrogen and oxygen atoms in total. The molecule has 0 bridgehead atoms. The van der Waals surface area contributed by atoms with Crippen LogP contribution in [0.1, 0.15) is 28.4 Å². The van der Waals surface area contributed by atoms with E-state index in [1.54, 1.807) is 6.07 Å². The van der Waals surface area contributed by atoms with Crippen LogP contribution in [0.4, 0.5) is 0 Å². The van der Waals surface area contributed by atoms with Crippen molar-refractivity contribution < 1.29 is 23.5 Å². The first-order valence-corrected chi connectivity index (χ1v) is 10.2. The van der Waals surface area contributed by atoms with Crippen LogP contribution in [0.3, 0.4) is 0 Å². The number of para-hydroxylation sites is 1. The first kappa shape index (κ1) is 19.4. The number of aryl methyl sites for hydroxylation is 1. The van der Waals surface area contributed by atoms with Crippen LogP contribution in [0, 0.1) is 0 Å². The summed E-state index contributed by atoms with van der Waals surface area (Å²) in [5.41, 5.74) is 2.46. The van der Waals surface area contributed by atoms with E-state index in [9.17, 15) is 9.36 Å².